The molecule has 144 valence electrons. The fourth-order valence-corrected chi connectivity index (χ4v) is 2.73. The highest BCUT2D eigenvalue weighted by atomic mass is 19.2. The number of carbonyl (C=O) groups excluding carboxylic acids is 1. The molecule has 1 fully saturated rings. The third-order valence-electron chi connectivity index (χ3n) is 4.43. The number of ether oxygens (including phenoxy) is 1. The van der Waals surface area contributed by atoms with E-state index in [0.29, 0.717) is 17.4 Å². The third kappa shape index (κ3) is 4.00. The maximum atomic E-state index is 13.3. The zero-order valence-electron chi connectivity index (χ0n) is 15.1. The summed E-state index contributed by atoms with van der Waals surface area (Å²) in [5.74, 6) is -0.423. The van der Waals surface area contributed by atoms with Gasteiger partial charge in [-0.25, -0.2) is 13.8 Å². The number of nitrogens with zero attached hydrogens (tertiary/aromatic N) is 2. The molecule has 1 aliphatic rings. The van der Waals surface area contributed by atoms with Crippen LogP contribution in [0, 0.1) is 11.6 Å². The summed E-state index contributed by atoms with van der Waals surface area (Å²) in [5, 5.41) is 9.93. The molecule has 0 saturated heterocycles. The number of H-pyrrole nitrogens is 1. The van der Waals surface area contributed by atoms with Crippen LogP contribution in [0.3, 0.4) is 0 Å². The van der Waals surface area contributed by atoms with Gasteiger partial charge >= 0.3 is 0 Å². The molecule has 2 aromatic carbocycles. The normalized spacial score (nSPS) is 14.5. The standard InChI is InChI=1S/C20H18F2N4O2/c1-11(28-15-7-8-16(21)17(22)10-15)20(27)23-14-4-2-3-13(9-14)19-24-18(25-26-19)12-5-6-12/h2-4,7-12H,5-6H2,1H3,(H,23,27)(H,24,25,26). The van der Waals surface area contributed by atoms with E-state index in [9.17, 15) is 13.6 Å². The molecular weight excluding hydrogens is 366 g/mol. The summed E-state index contributed by atoms with van der Waals surface area (Å²) < 4.78 is 31.6. The van der Waals surface area contributed by atoms with E-state index in [2.05, 4.69) is 20.5 Å². The molecule has 0 spiro atoms. The Balaban J connectivity index is 1.42. The molecule has 1 aromatic heterocycles. The van der Waals surface area contributed by atoms with E-state index in [-0.39, 0.29) is 5.75 Å². The summed E-state index contributed by atoms with van der Waals surface area (Å²) in [6.07, 6.45) is 1.35. The molecule has 1 unspecified atom stereocenters. The van der Waals surface area contributed by atoms with Crippen molar-refractivity contribution in [2.24, 2.45) is 0 Å². The molecule has 1 amide bonds. The first-order chi connectivity index (χ1) is 13.5. The zero-order chi connectivity index (χ0) is 19.7. The van der Waals surface area contributed by atoms with Crippen molar-refractivity contribution in [3.8, 4) is 17.1 Å². The van der Waals surface area contributed by atoms with E-state index < -0.39 is 23.6 Å². The second-order valence-electron chi connectivity index (χ2n) is 6.72. The Morgan fingerprint density at radius 1 is 1.21 bits per heavy atom. The van der Waals surface area contributed by atoms with Gasteiger partial charge in [0.05, 0.1) is 0 Å². The van der Waals surface area contributed by atoms with Gasteiger partial charge in [0, 0.05) is 23.2 Å². The van der Waals surface area contributed by atoms with Gasteiger partial charge in [-0.15, -0.1) is 0 Å². The Morgan fingerprint density at radius 3 is 2.79 bits per heavy atom. The zero-order valence-corrected chi connectivity index (χ0v) is 15.1. The third-order valence-corrected chi connectivity index (χ3v) is 4.43. The molecule has 4 rings (SSSR count). The molecule has 1 heterocycles. The molecule has 1 aliphatic carbocycles. The van der Waals surface area contributed by atoms with Crippen LogP contribution < -0.4 is 10.1 Å². The number of halogens is 2. The lowest BCUT2D eigenvalue weighted by Gasteiger charge is -2.15. The van der Waals surface area contributed by atoms with Gasteiger partial charge in [-0.05, 0) is 44.0 Å². The maximum absolute atomic E-state index is 13.3. The number of rotatable bonds is 6. The number of nitrogens with one attached hydrogen (secondary N) is 2. The Hall–Kier alpha value is -3.29. The highest BCUT2D eigenvalue weighted by Gasteiger charge is 2.27. The maximum Gasteiger partial charge on any atom is 0.265 e. The number of carbonyl (C=O) groups is 1. The van der Waals surface area contributed by atoms with Crippen molar-refractivity contribution in [2.75, 3.05) is 5.32 Å². The second kappa shape index (κ2) is 7.38. The van der Waals surface area contributed by atoms with E-state index >= 15 is 0 Å². The van der Waals surface area contributed by atoms with E-state index in [1.165, 1.54) is 13.0 Å². The minimum atomic E-state index is -1.03. The van der Waals surface area contributed by atoms with Crippen LogP contribution in [0.2, 0.25) is 0 Å². The Kier molecular flexibility index (Phi) is 4.77. The van der Waals surface area contributed by atoms with Gasteiger partial charge in [-0.2, -0.15) is 5.10 Å². The van der Waals surface area contributed by atoms with Gasteiger partial charge in [0.1, 0.15) is 11.6 Å². The van der Waals surface area contributed by atoms with Crippen LogP contribution in [0.4, 0.5) is 14.5 Å². The van der Waals surface area contributed by atoms with Crippen LogP contribution in [0.25, 0.3) is 11.4 Å². The molecular formula is C20H18F2N4O2. The van der Waals surface area contributed by atoms with Gasteiger partial charge in [0.25, 0.3) is 5.91 Å². The molecule has 1 saturated carbocycles. The smallest absolute Gasteiger partial charge is 0.265 e. The summed E-state index contributed by atoms with van der Waals surface area (Å²) in [4.78, 5) is 16.9. The number of amides is 1. The second-order valence-corrected chi connectivity index (χ2v) is 6.72. The Bertz CT molecular complexity index is 1020. The van der Waals surface area contributed by atoms with Crippen LogP contribution in [-0.4, -0.2) is 27.2 Å². The fourth-order valence-electron chi connectivity index (χ4n) is 2.73. The van der Waals surface area contributed by atoms with Gasteiger partial charge in [-0.3, -0.25) is 9.89 Å². The van der Waals surface area contributed by atoms with Crippen molar-refractivity contribution in [3.05, 3.63) is 59.9 Å². The molecule has 3 aromatic rings. The topological polar surface area (TPSA) is 79.9 Å². The van der Waals surface area contributed by atoms with E-state index in [4.69, 9.17) is 4.74 Å². The lowest BCUT2D eigenvalue weighted by Crippen LogP contribution is -2.30. The van der Waals surface area contributed by atoms with Crippen molar-refractivity contribution < 1.29 is 18.3 Å². The molecule has 1 atom stereocenters. The predicted molar refractivity (Wildman–Crippen MR) is 98.9 cm³/mol. The molecule has 8 heteroatoms. The molecule has 0 radical (unpaired) electrons. The van der Waals surface area contributed by atoms with Gasteiger partial charge in [-0.1, -0.05) is 12.1 Å². The SMILES string of the molecule is CC(Oc1ccc(F)c(F)c1)C(=O)Nc1cccc(-c2n[nH]c(C3CC3)n2)c1. The van der Waals surface area contributed by atoms with Gasteiger partial charge in [0.15, 0.2) is 23.6 Å². The van der Waals surface area contributed by atoms with Crippen molar-refractivity contribution >= 4 is 11.6 Å². The lowest BCUT2D eigenvalue weighted by atomic mass is 10.2. The summed E-state index contributed by atoms with van der Waals surface area (Å²) >= 11 is 0. The molecule has 6 nitrogen and oxygen atoms in total. The predicted octanol–water partition coefficient (Wildman–Crippen LogP) is 4.03. The molecule has 0 aliphatic heterocycles. The van der Waals surface area contributed by atoms with Crippen molar-refractivity contribution in [2.45, 2.75) is 31.8 Å². The average molecular weight is 384 g/mol. The van der Waals surface area contributed by atoms with Crippen LogP contribution in [0.15, 0.2) is 42.5 Å². The number of aromatic amines is 1. The highest BCUT2D eigenvalue weighted by molar-refractivity contribution is 5.94. The van der Waals surface area contributed by atoms with Crippen molar-refractivity contribution in [1.29, 1.82) is 0 Å². The van der Waals surface area contributed by atoms with Gasteiger partial charge < -0.3 is 10.1 Å². The van der Waals surface area contributed by atoms with Crippen LogP contribution in [0.1, 0.15) is 31.5 Å². The Morgan fingerprint density at radius 2 is 2.04 bits per heavy atom. The fraction of sp³-hybridized carbons (Fsp3) is 0.250. The average Bonchev–Trinajstić information content (AvgIpc) is 3.41. The van der Waals surface area contributed by atoms with E-state index in [0.717, 1.165) is 36.4 Å². The summed E-state index contributed by atoms with van der Waals surface area (Å²) in [7, 11) is 0. The van der Waals surface area contributed by atoms with Crippen LogP contribution in [-0.2, 0) is 4.79 Å². The summed E-state index contributed by atoms with van der Waals surface area (Å²) in [6.45, 7) is 1.53. The first-order valence-electron chi connectivity index (χ1n) is 8.95. The first-order valence-corrected chi connectivity index (χ1v) is 8.95. The highest BCUT2D eigenvalue weighted by Crippen LogP contribution is 2.38. The minimum absolute atomic E-state index is 0.0728. The number of aromatic nitrogens is 3. The van der Waals surface area contributed by atoms with Crippen LogP contribution >= 0.6 is 0 Å². The van der Waals surface area contributed by atoms with E-state index in [1.807, 2.05) is 6.07 Å². The number of hydrogen-bond donors (Lipinski definition) is 2. The van der Waals surface area contributed by atoms with Crippen molar-refractivity contribution in [3.63, 3.8) is 0 Å². The Labute approximate surface area is 160 Å². The van der Waals surface area contributed by atoms with Gasteiger partial charge in [0.2, 0.25) is 0 Å². The first kappa shape index (κ1) is 18.1. The van der Waals surface area contributed by atoms with E-state index in [1.54, 1.807) is 18.2 Å². The molecule has 2 N–H and O–H groups in total. The number of anilines is 1. The number of benzene rings is 2. The van der Waals surface area contributed by atoms with Crippen LogP contribution in [0.5, 0.6) is 5.75 Å². The number of hydrogen-bond acceptors (Lipinski definition) is 4. The summed E-state index contributed by atoms with van der Waals surface area (Å²) in [6, 6.07) is 10.3. The van der Waals surface area contributed by atoms with Crippen molar-refractivity contribution in [1.82, 2.24) is 15.2 Å². The summed E-state index contributed by atoms with van der Waals surface area (Å²) in [5.41, 5.74) is 1.33. The quantitative estimate of drug-likeness (QED) is 0.672. The molecule has 0 bridgehead atoms. The minimum Gasteiger partial charge on any atom is -0.481 e. The monoisotopic (exact) mass is 384 g/mol. The lowest BCUT2D eigenvalue weighted by molar-refractivity contribution is -0.122. The molecule has 28 heavy (non-hydrogen) atoms. The largest absolute Gasteiger partial charge is 0.481 e.